The van der Waals surface area contributed by atoms with Crippen LogP contribution in [0.4, 0.5) is 4.79 Å². The molecule has 1 atom stereocenters. The van der Waals surface area contributed by atoms with Gasteiger partial charge in [0.25, 0.3) is 0 Å². The minimum Gasteiger partial charge on any atom is -0.339 e. The lowest BCUT2D eigenvalue weighted by molar-refractivity contribution is 0.237. The first-order valence-corrected chi connectivity index (χ1v) is 7.83. The molecule has 0 bridgehead atoms. The molecule has 108 valence electrons. The minimum absolute atomic E-state index is 0.115. The molecule has 1 rings (SSSR count). The Hall–Kier alpha value is -1.24. The van der Waals surface area contributed by atoms with E-state index >= 15 is 0 Å². The quantitative estimate of drug-likeness (QED) is 0.712. The van der Waals surface area contributed by atoms with Crippen molar-refractivity contribution in [2.24, 2.45) is 0 Å². The maximum atomic E-state index is 11.6. The minimum atomic E-state index is -0.115. The second-order valence-electron chi connectivity index (χ2n) is 4.42. The summed E-state index contributed by atoms with van der Waals surface area (Å²) in [5.41, 5.74) is 0. The highest BCUT2D eigenvalue weighted by atomic mass is 32.2. The van der Waals surface area contributed by atoms with Crippen LogP contribution in [0.1, 0.15) is 31.5 Å². The number of carbonyl (C=O) groups is 1. The highest BCUT2D eigenvalue weighted by Crippen LogP contribution is 2.00. The van der Waals surface area contributed by atoms with Gasteiger partial charge >= 0.3 is 6.03 Å². The van der Waals surface area contributed by atoms with Crippen LogP contribution in [0.25, 0.3) is 0 Å². The molecule has 1 aromatic rings. The van der Waals surface area contributed by atoms with Crippen molar-refractivity contribution in [3.8, 4) is 0 Å². The predicted octanol–water partition coefficient (Wildman–Crippen LogP) is 1.75. The van der Waals surface area contributed by atoms with E-state index in [1.54, 1.807) is 18.7 Å². The van der Waals surface area contributed by atoms with Gasteiger partial charge in [-0.2, -0.15) is 16.7 Å². The van der Waals surface area contributed by atoms with Gasteiger partial charge in [0.15, 0.2) is 5.82 Å². The van der Waals surface area contributed by atoms with Crippen LogP contribution < -0.4 is 10.6 Å². The normalized spacial score (nSPS) is 12.2. The van der Waals surface area contributed by atoms with Gasteiger partial charge in [0.1, 0.15) is 0 Å². The Morgan fingerprint density at radius 2 is 2.32 bits per heavy atom. The highest BCUT2D eigenvalue weighted by molar-refractivity contribution is 7.98. The molecule has 0 unspecified atom stereocenters. The zero-order valence-corrected chi connectivity index (χ0v) is 12.5. The van der Waals surface area contributed by atoms with E-state index in [0.29, 0.717) is 24.7 Å². The van der Waals surface area contributed by atoms with E-state index in [1.165, 1.54) is 0 Å². The lowest BCUT2D eigenvalue weighted by Crippen LogP contribution is -2.41. The van der Waals surface area contributed by atoms with E-state index in [4.69, 9.17) is 4.52 Å². The van der Waals surface area contributed by atoms with E-state index in [2.05, 4.69) is 27.0 Å². The summed E-state index contributed by atoms with van der Waals surface area (Å²) in [5, 5.41) is 9.43. The smallest absolute Gasteiger partial charge is 0.314 e. The number of amides is 2. The zero-order chi connectivity index (χ0) is 14.1. The highest BCUT2D eigenvalue weighted by Gasteiger charge is 2.06. The molecule has 0 spiro atoms. The van der Waals surface area contributed by atoms with Gasteiger partial charge in [-0.3, -0.25) is 0 Å². The first kappa shape index (κ1) is 15.8. The number of carbonyl (C=O) groups excluding carboxylic acids is 1. The van der Waals surface area contributed by atoms with Crippen LogP contribution in [0.2, 0.25) is 0 Å². The van der Waals surface area contributed by atoms with Gasteiger partial charge in [-0.25, -0.2) is 4.79 Å². The van der Waals surface area contributed by atoms with Gasteiger partial charge in [-0.1, -0.05) is 5.16 Å². The first-order valence-electron chi connectivity index (χ1n) is 6.44. The number of nitrogens with one attached hydrogen (secondary N) is 2. The number of aromatic nitrogens is 2. The molecule has 6 nitrogen and oxygen atoms in total. The lowest BCUT2D eigenvalue weighted by Gasteiger charge is -2.13. The van der Waals surface area contributed by atoms with Crippen molar-refractivity contribution >= 4 is 17.8 Å². The van der Waals surface area contributed by atoms with E-state index in [-0.39, 0.29) is 12.1 Å². The third-order valence-electron chi connectivity index (χ3n) is 2.56. The molecule has 1 heterocycles. The summed E-state index contributed by atoms with van der Waals surface area (Å²) in [6, 6.07) is 0.0846. The molecular formula is C12H22N4O2S. The molecule has 0 aliphatic heterocycles. The summed E-state index contributed by atoms with van der Waals surface area (Å²) in [6.07, 6.45) is 4.51. The van der Waals surface area contributed by atoms with Crippen LogP contribution >= 0.6 is 11.8 Å². The summed E-state index contributed by atoms with van der Waals surface area (Å²) >= 11 is 1.78. The van der Waals surface area contributed by atoms with E-state index in [0.717, 1.165) is 18.6 Å². The molecule has 0 aliphatic carbocycles. The maximum Gasteiger partial charge on any atom is 0.314 e. The monoisotopic (exact) mass is 286 g/mol. The van der Waals surface area contributed by atoms with Gasteiger partial charge in [0.2, 0.25) is 5.89 Å². The van der Waals surface area contributed by atoms with Gasteiger partial charge in [0, 0.05) is 19.0 Å². The second kappa shape index (κ2) is 8.79. The summed E-state index contributed by atoms with van der Waals surface area (Å²) in [5.74, 6) is 2.31. The number of urea groups is 1. The van der Waals surface area contributed by atoms with Crippen molar-refractivity contribution in [3.05, 3.63) is 11.7 Å². The standard InChI is InChI=1S/C12H22N4O2S/c1-9(6-8-19-3)14-12(17)13-7-4-5-11-15-10(2)16-18-11/h9H,4-8H2,1-3H3,(H2,13,14,17)/t9-/m1/s1. The molecule has 2 N–H and O–H groups in total. The van der Waals surface area contributed by atoms with E-state index in [1.807, 2.05) is 6.92 Å². The van der Waals surface area contributed by atoms with E-state index in [9.17, 15) is 4.79 Å². The zero-order valence-electron chi connectivity index (χ0n) is 11.7. The third kappa shape index (κ3) is 7.05. The van der Waals surface area contributed by atoms with Gasteiger partial charge in [-0.05, 0) is 38.7 Å². The molecule has 1 aromatic heterocycles. The first-order chi connectivity index (χ1) is 9.11. The number of hydrogen-bond donors (Lipinski definition) is 2. The third-order valence-corrected chi connectivity index (χ3v) is 3.20. The predicted molar refractivity (Wildman–Crippen MR) is 76.4 cm³/mol. The van der Waals surface area contributed by atoms with Crippen LogP contribution in [0.15, 0.2) is 4.52 Å². The number of nitrogens with zero attached hydrogens (tertiary/aromatic N) is 2. The molecule has 0 aromatic carbocycles. The van der Waals surface area contributed by atoms with Gasteiger partial charge < -0.3 is 15.2 Å². The van der Waals surface area contributed by atoms with Gasteiger partial charge in [-0.15, -0.1) is 0 Å². The Labute approximate surface area is 118 Å². The summed E-state index contributed by atoms with van der Waals surface area (Å²) in [7, 11) is 0. The molecule has 7 heteroatoms. The molecular weight excluding hydrogens is 264 g/mol. The number of rotatable bonds is 8. The Balaban J connectivity index is 2.07. The Kier molecular flexibility index (Phi) is 7.32. The number of aryl methyl sites for hydroxylation is 2. The number of thioether (sulfide) groups is 1. The van der Waals surface area contributed by atoms with Crippen LogP contribution in [0.3, 0.4) is 0 Å². The molecule has 2 amide bonds. The van der Waals surface area contributed by atoms with Crippen molar-refractivity contribution in [2.75, 3.05) is 18.6 Å². The van der Waals surface area contributed by atoms with Crippen LogP contribution in [0, 0.1) is 6.92 Å². The summed E-state index contributed by atoms with van der Waals surface area (Å²) in [4.78, 5) is 15.7. The molecule has 0 saturated carbocycles. The maximum absolute atomic E-state index is 11.6. The van der Waals surface area contributed by atoms with Crippen molar-refractivity contribution in [1.82, 2.24) is 20.8 Å². The average molecular weight is 286 g/mol. The fourth-order valence-electron chi connectivity index (χ4n) is 1.52. The van der Waals surface area contributed by atoms with Crippen molar-refractivity contribution < 1.29 is 9.32 Å². The Morgan fingerprint density at radius 3 is 2.95 bits per heavy atom. The average Bonchev–Trinajstić information content (AvgIpc) is 2.78. The SMILES string of the molecule is CSCC[C@@H](C)NC(=O)NCCCc1nc(C)no1. The fraction of sp³-hybridized carbons (Fsp3) is 0.750. The topological polar surface area (TPSA) is 80.0 Å². The Bertz CT molecular complexity index is 384. The lowest BCUT2D eigenvalue weighted by atomic mass is 10.3. The van der Waals surface area contributed by atoms with Crippen molar-refractivity contribution in [3.63, 3.8) is 0 Å². The van der Waals surface area contributed by atoms with Gasteiger partial charge in [0.05, 0.1) is 0 Å². The fourth-order valence-corrected chi connectivity index (χ4v) is 2.11. The summed E-state index contributed by atoms with van der Waals surface area (Å²) < 4.78 is 4.99. The number of hydrogen-bond acceptors (Lipinski definition) is 5. The van der Waals surface area contributed by atoms with Crippen LogP contribution in [-0.2, 0) is 6.42 Å². The second-order valence-corrected chi connectivity index (χ2v) is 5.41. The van der Waals surface area contributed by atoms with E-state index < -0.39 is 0 Å². The molecule has 0 aliphatic rings. The molecule has 0 fully saturated rings. The van der Waals surface area contributed by atoms with Crippen LogP contribution in [-0.4, -0.2) is 40.8 Å². The Morgan fingerprint density at radius 1 is 1.53 bits per heavy atom. The molecule has 0 saturated heterocycles. The molecule has 0 radical (unpaired) electrons. The van der Waals surface area contributed by atoms with Crippen molar-refractivity contribution in [1.29, 1.82) is 0 Å². The van der Waals surface area contributed by atoms with Crippen LogP contribution in [0.5, 0.6) is 0 Å². The molecule has 19 heavy (non-hydrogen) atoms. The summed E-state index contributed by atoms with van der Waals surface area (Å²) in [6.45, 7) is 4.40. The van der Waals surface area contributed by atoms with Crippen molar-refractivity contribution in [2.45, 2.75) is 39.2 Å². The largest absolute Gasteiger partial charge is 0.339 e.